The molecule has 0 saturated carbocycles. The summed E-state index contributed by atoms with van der Waals surface area (Å²) in [7, 11) is 0. The van der Waals surface area contributed by atoms with E-state index in [1.165, 1.54) is 30.6 Å². The third-order valence-corrected chi connectivity index (χ3v) is 3.25. The molecule has 2 N–H and O–H groups in total. The standard InChI is InChI=1S/C12H8IN3O3/c13-9-2-1-7(12(18)19)5-10(9)16-11(17)8-3-4-14-15-6-8/h1-6H,(H,16,17)(H,18,19). The van der Waals surface area contributed by atoms with Crippen LogP contribution < -0.4 is 5.32 Å². The number of aromatic carboxylic acids is 1. The molecule has 1 amide bonds. The quantitative estimate of drug-likeness (QED) is 0.808. The topological polar surface area (TPSA) is 92.2 Å². The summed E-state index contributed by atoms with van der Waals surface area (Å²) in [5.74, 6) is -1.41. The fraction of sp³-hybridized carbons (Fsp3) is 0. The lowest BCUT2D eigenvalue weighted by molar-refractivity contribution is 0.0696. The number of benzene rings is 1. The summed E-state index contributed by atoms with van der Waals surface area (Å²) in [6.45, 7) is 0. The maximum absolute atomic E-state index is 11.9. The van der Waals surface area contributed by atoms with E-state index < -0.39 is 5.97 Å². The highest BCUT2D eigenvalue weighted by atomic mass is 127. The van der Waals surface area contributed by atoms with Gasteiger partial charge in [-0.15, -0.1) is 0 Å². The highest BCUT2D eigenvalue weighted by Gasteiger charge is 2.11. The fourth-order valence-electron chi connectivity index (χ4n) is 1.37. The molecule has 96 valence electrons. The minimum absolute atomic E-state index is 0.114. The number of nitrogens with one attached hydrogen (secondary N) is 1. The Labute approximate surface area is 122 Å². The highest BCUT2D eigenvalue weighted by molar-refractivity contribution is 14.1. The molecule has 19 heavy (non-hydrogen) atoms. The number of hydrogen-bond acceptors (Lipinski definition) is 4. The molecule has 0 spiro atoms. The predicted molar refractivity (Wildman–Crippen MR) is 76.1 cm³/mol. The molecule has 1 heterocycles. The van der Waals surface area contributed by atoms with Gasteiger partial charge in [-0.25, -0.2) is 4.79 Å². The molecule has 0 saturated heterocycles. The molecular weight excluding hydrogens is 361 g/mol. The average molecular weight is 369 g/mol. The van der Waals surface area contributed by atoms with Crippen LogP contribution >= 0.6 is 22.6 Å². The first-order chi connectivity index (χ1) is 9.08. The van der Waals surface area contributed by atoms with Gasteiger partial charge in [0.2, 0.25) is 0 Å². The van der Waals surface area contributed by atoms with Gasteiger partial charge in [0.25, 0.3) is 5.91 Å². The van der Waals surface area contributed by atoms with Crippen LogP contribution in [0.5, 0.6) is 0 Å². The van der Waals surface area contributed by atoms with E-state index in [4.69, 9.17) is 5.11 Å². The maximum Gasteiger partial charge on any atom is 0.335 e. The van der Waals surface area contributed by atoms with Crippen molar-refractivity contribution in [3.63, 3.8) is 0 Å². The van der Waals surface area contributed by atoms with Crippen molar-refractivity contribution in [2.24, 2.45) is 0 Å². The van der Waals surface area contributed by atoms with Gasteiger partial charge in [-0.2, -0.15) is 10.2 Å². The molecule has 0 radical (unpaired) electrons. The zero-order valence-electron chi connectivity index (χ0n) is 9.50. The van der Waals surface area contributed by atoms with Crippen LogP contribution in [-0.2, 0) is 0 Å². The van der Waals surface area contributed by atoms with Crippen molar-refractivity contribution >= 4 is 40.2 Å². The first kappa shape index (κ1) is 13.4. The Morgan fingerprint density at radius 3 is 2.58 bits per heavy atom. The number of carboxylic acids is 1. The molecule has 0 aliphatic rings. The van der Waals surface area contributed by atoms with Gasteiger partial charge >= 0.3 is 5.97 Å². The Balaban J connectivity index is 2.26. The van der Waals surface area contributed by atoms with Gasteiger partial charge in [0.15, 0.2) is 0 Å². The molecule has 0 bridgehead atoms. The number of amides is 1. The van der Waals surface area contributed by atoms with E-state index in [2.05, 4.69) is 15.5 Å². The van der Waals surface area contributed by atoms with E-state index in [1.807, 2.05) is 22.6 Å². The lowest BCUT2D eigenvalue weighted by atomic mass is 10.2. The molecule has 0 atom stereocenters. The van der Waals surface area contributed by atoms with Gasteiger partial charge in [0.05, 0.1) is 29.2 Å². The summed E-state index contributed by atoms with van der Waals surface area (Å²) < 4.78 is 0.748. The Kier molecular flexibility index (Phi) is 4.05. The molecule has 0 unspecified atom stereocenters. The number of carbonyl (C=O) groups excluding carboxylic acids is 1. The third kappa shape index (κ3) is 3.25. The van der Waals surface area contributed by atoms with Crippen molar-refractivity contribution in [1.82, 2.24) is 10.2 Å². The van der Waals surface area contributed by atoms with E-state index in [1.54, 1.807) is 6.07 Å². The van der Waals surface area contributed by atoms with E-state index in [9.17, 15) is 9.59 Å². The Morgan fingerprint density at radius 2 is 1.95 bits per heavy atom. The van der Waals surface area contributed by atoms with E-state index in [0.717, 1.165) is 3.57 Å². The molecule has 6 nitrogen and oxygen atoms in total. The zero-order valence-corrected chi connectivity index (χ0v) is 11.7. The van der Waals surface area contributed by atoms with Gasteiger partial charge in [0, 0.05) is 3.57 Å². The second kappa shape index (κ2) is 5.74. The lowest BCUT2D eigenvalue weighted by Crippen LogP contribution is -2.14. The van der Waals surface area contributed by atoms with Crippen molar-refractivity contribution in [3.05, 3.63) is 51.4 Å². The molecule has 7 heteroatoms. The smallest absolute Gasteiger partial charge is 0.335 e. The number of carboxylic acid groups (broad SMARTS) is 1. The van der Waals surface area contributed by atoms with Crippen LogP contribution in [0.15, 0.2) is 36.7 Å². The van der Waals surface area contributed by atoms with Crippen LogP contribution in [0.3, 0.4) is 0 Å². The van der Waals surface area contributed by atoms with Crippen molar-refractivity contribution in [2.75, 3.05) is 5.32 Å². The zero-order chi connectivity index (χ0) is 13.8. The van der Waals surface area contributed by atoms with Crippen molar-refractivity contribution in [1.29, 1.82) is 0 Å². The number of aromatic nitrogens is 2. The molecule has 0 aliphatic heterocycles. The third-order valence-electron chi connectivity index (χ3n) is 2.31. The van der Waals surface area contributed by atoms with Gasteiger partial charge in [0.1, 0.15) is 0 Å². The summed E-state index contributed by atoms with van der Waals surface area (Å²) in [6.07, 6.45) is 2.75. The molecule has 2 aromatic rings. The van der Waals surface area contributed by atoms with Crippen LogP contribution in [0.4, 0.5) is 5.69 Å². The summed E-state index contributed by atoms with van der Waals surface area (Å²) in [4.78, 5) is 22.8. The Bertz CT molecular complexity index is 631. The van der Waals surface area contributed by atoms with Crippen LogP contribution in [0.25, 0.3) is 0 Å². The van der Waals surface area contributed by atoms with Crippen molar-refractivity contribution < 1.29 is 14.7 Å². The van der Waals surface area contributed by atoms with Crippen molar-refractivity contribution in [3.8, 4) is 0 Å². The minimum atomic E-state index is -1.04. The number of anilines is 1. The first-order valence-corrected chi connectivity index (χ1v) is 6.26. The second-order valence-electron chi connectivity index (χ2n) is 3.59. The molecule has 0 fully saturated rings. The van der Waals surface area contributed by atoms with Gasteiger partial charge in [-0.3, -0.25) is 4.79 Å². The molecule has 1 aromatic carbocycles. The molecular formula is C12H8IN3O3. The highest BCUT2D eigenvalue weighted by Crippen LogP contribution is 2.20. The van der Waals surface area contributed by atoms with E-state index in [0.29, 0.717) is 11.3 Å². The number of carbonyl (C=O) groups is 2. The fourth-order valence-corrected chi connectivity index (χ4v) is 1.84. The van der Waals surface area contributed by atoms with Crippen LogP contribution in [0.2, 0.25) is 0 Å². The monoisotopic (exact) mass is 369 g/mol. The SMILES string of the molecule is O=C(O)c1ccc(I)c(NC(=O)c2ccnnc2)c1. The summed E-state index contributed by atoms with van der Waals surface area (Å²) in [6, 6.07) is 6.05. The number of rotatable bonds is 3. The van der Waals surface area contributed by atoms with Crippen molar-refractivity contribution in [2.45, 2.75) is 0 Å². The molecule has 2 rings (SSSR count). The minimum Gasteiger partial charge on any atom is -0.478 e. The van der Waals surface area contributed by atoms with Crippen LogP contribution in [-0.4, -0.2) is 27.2 Å². The number of nitrogens with zero attached hydrogens (tertiary/aromatic N) is 2. The Hall–Kier alpha value is -2.03. The first-order valence-electron chi connectivity index (χ1n) is 5.19. The molecule has 1 aromatic heterocycles. The van der Waals surface area contributed by atoms with Gasteiger partial charge < -0.3 is 10.4 Å². The van der Waals surface area contributed by atoms with Gasteiger partial charge in [-0.05, 0) is 46.9 Å². The second-order valence-corrected chi connectivity index (χ2v) is 4.75. The molecule has 0 aliphatic carbocycles. The largest absolute Gasteiger partial charge is 0.478 e. The number of hydrogen-bond donors (Lipinski definition) is 2. The summed E-state index contributed by atoms with van der Waals surface area (Å²) >= 11 is 2.02. The maximum atomic E-state index is 11.9. The van der Waals surface area contributed by atoms with E-state index >= 15 is 0 Å². The van der Waals surface area contributed by atoms with Crippen LogP contribution in [0.1, 0.15) is 20.7 Å². The number of halogens is 1. The van der Waals surface area contributed by atoms with Gasteiger partial charge in [-0.1, -0.05) is 0 Å². The van der Waals surface area contributed by atoms with Crippen LogP contribution in [0, 0.1) is 3.57 Å². The summed E-state index contributed by atoms with van der Waals surface area (Å²) in [5.41, 5.74) is 0.914. The average Bonchev–Trinajstić information content (AvgIpc) is 2.42. The lowest BCUT2D eigenvalue weighted by Gasteiger charge is -2.08. The van der Waals surface area contributed by atoms with E-state index in [-0.39, 0.29) is 11.5 Å². The predicted octanol–water partition coefficient (Wildman–Crippen LogP) is 2.03. The normalized spacial score (nSPS) is 9.95. The summed E-state index contributed by atoms with van der Waals surface area (Å²) in [5, 5.41) is 18.8. The Morgan fingerprint density at radius 1 is 1.16 bits per heavy atom.